The van der Waals surface area contributed by atoms with Gasteiger partial charge in [0, 0.05) is 23.9 Å². The van der Waals surface area contributed by atoms with Crippen LogP contribution in [-0.2, 0) is 19.2 Å². The second-order valence-electron chi connectivity index (χ2n) is 7.03. The number of amides is 2. The molecule has 2 saturated heterocycles. The van der Waals surface area contributed by atoms with Crippen molar-refractivity contribution in [3.8, 4) is 0 Å². The maximum atomic E-state index is 12.3. The first-order chi connectivity index (χ1) is 9.54. The molecule has 2 heterocycles. The molecule has 0 aromatic rings. The summed E-state index contributed by atoms with van der Waals surface area (Å²) in [7, 11) is 0. The first kappa shape index (κ1) is 15.9. The number of hydrogen-bond acceptors (Lipinski definition) is 6. The zero-order chi connectivity index (χ0) is 16.0. The predicted molar refractivity (Wildman–Crippen MR) is 71.7 cm³/mol. The van der Waals surface area contributed by atoms with Crippen LogP contribution in [0.25, 0.3) is 0 Å². The van der Waals surface area contributed by atoms with E-state index in [4.69, 9.17) is 4.84 Å². The molecule has 0 radical (unpaired) electrons. The second kappa shape index (κ2) is 5.06. The summed E-state index contributed by atoms with van der Waals surface area (Å²) in [4.78, 5) is 40.2. The molecule has 7 heteroatoms. The van der Waals surface area contributed by atoms with Crippen LogP contribution in [0.2, 0.25) is 0 Å². The van der Waals surface area contributed by atoms with E-state index >= 15 is 0 Å². The van der Waals surface area contributed by atoms with Gasteiger partial charge in [-0.15, -0.1) is 5.06 Å². The predicted octanol–water partition coefficient (Wildman–Crippen LogP) is 1.25. The van der Waals surface area contributed by atoms with Crippen LogP contribution in [0.15, 0.2) is 0 Å². The Morgan fingerprint density at radius 2 is 1.52 bits per heavy atom. The fourth-order valence-electron chi connectivity index (χ4n) is 3.26. The smallest absolute Gasteiger partial charge is 0.330 e. The van der Waals surface area contributed by atoms with E-state index in [9.17, 15) is 19.6 Å². The maximum Gasteiger partial charge on any atom is 0.336 e. The molecule has 0 bridgehead atoms. The second-order valence-corrected chi connectivity index (χ2v) is 7.03. The zero-order valence-corrected chi connectivity index (χ0v) is 12.9. The van der Waals surface area contributed by atoms with E-state index in [1.54, 1.807) is 0 Å². The number of rotatable bonds is 2. The maximum absolute atomic E-state index is 12.3. The van der Waals surface area contributed by atoms with Crippen molar-refractivity contribution in [2.75, 3.05) is 0 Å². The number of imide groups is 1. The molecule has 118 valence electrons. The molecule has 0 aromatic heterocycles. The van der Waals surface area contributed by atoms with Crippen LogP contribution in [0, 0.1) is 5.92 Å². The highest BCUT2D eigenvalue weighted by atomic mass is 16.7. The van der Waals surface area contributed by atoms with Gasteiger partial charge in [-0.3, -0.25) is 9.59 Å². The van der Waals surface area contributed by atoms with Crippen LogP contribution >= 0.6 is 0 Å². The van der Waals surface area contributed by atoms with Crippen molar-refractivity contribution in [3.05, 3.63) is 0 Å². The molecular weight excluding hydrogens is 276 g/mol. The van der Waals surface area contributed by atoms with Gasteiger partial charge in [0.1, 0.15) is 0 Å². The van der Waals surface area contributed by atoms with E-state index in [2.05, 4.69) is 0 Å². The van der Waals surface area contributed by atoms with Gasteiger partial charge < -0.3 is 10.0 Å². The molecule has 0 unspecified atom stereocenters. The van der Waals surface area contributed by atoms with Gasteiger partial charge in [-0.2, -0.15) is 5.06 Å². The summed E-state index contributed by atoms with van der Waals surface area (Å²) in [5.74, 6) is -2.02. The normalized spacial score (nSPS) is 26.2. The van der Waals surface area contributed by atoms with Crippen LogP contribution in [0.3, 0.4) is 0 Å². The summed E-state index contributed by atoms with van der Waals surface area (Å²) >= 11 is 0. The Hall–Kier alpha value is -1.47. The minimum Gasteiger partial charge on any atom is -0.330 e. The van der Waals surface area contributed by atoms with Gasteiger partial charge in [0.05, 0.1) is 5.92 Å². The van der Waals surface area contributed by atoms with E-state index in [1.165, 1.54) is 5.06 Å². The number of carbonyl (C=O) groups excluding carboxylic acids is 3. The summed E-state index contributed by atoms with van der Waals surface area (Å²) in [5, 5.41) is 12.0. The fraction of sp³-hybridized carbons (Fsp3) is 0.786. The molecule has 2 rings (SSSR count). The van der Waals surface area contributed by atoms with Gasteiger partial charge >= 0.3 is 5.97 Å². The molecule has 2 amide bonds. The molecule has 21 heavy (non-hydrogen) atoms. The minimum absolute atomic E-state index is 0.0815. The SMILES string of the molecule is CC1(C)CC(C(=O)ON2C(=O)CCC2=O)CC(C)(C)N1O. The Morgan fingerprint density at radius 3 is 1.95 bits per heavy atom. The van der Waals surface area contributed by atoms with Crippen LogP contribution in [-0.4, -0.2) is 44.2 Å². The summed E-state index contributed by atoms with van der Waals surface area (Å²) in [5.41, 5.74) is -1.19. The monoisotopic (exact) mass is 298 g/mol. The summed E-state index contributed by atoms with van der Waals surface area (Å²) in [6.07, 6.45) is 0.945. The van der Waals surface area contributed by atoms with Crippen LogP contribution in [0.4, 0.5) is 0 Å². The third-order valence-electron chi connectivity index (χ3n) is 4.16. The van der Waals surface area contributed by atoms with Gasteiger partial charge in [0.15, 0.2) is 0 Å². The molecule has 1 N–H and O–H groups in total. The number of hydroxylamine groups is 4. The van der Waals surface area contributed by atoms with E-state index in [0.29, 0.717) is 17.9 Å². The first-order valence-corrected chi connectivity index (χ1v) is 7.11. The van der Waals surface area contributed by atoms with E-state index in [1.807, 2.05) is 27.7 Å². The number of nitrogens with zero attached hydrogens (tertiary/aromatic N) is 2. The summed E-state index contributed by atoms with van der Waals surface area (Å²) in [6, 6.07) is 0. The first-order valence-electron chi connectivity index (χ1n) is 7.11. The molecule has 0 saturated carbocycles. The zero-order valence-electron chi connectivity index (χ0n) is 12.9. The summed E-state index contributed by atoms with van der Waals surface area (Å²) < 4.78 is 0. The van der Waals surface area contributed by atoms with Crippen molar-refractivity contribution in [3.63, 3.8) is 0 Å². The quantitative estimate of drug-likeness (QED) is 0.772. The molecule has 0 atom stereocenters. The molecule has 0 aliphatic carbocycles. The Bertz CT molecular complexity index is 452. The van der Waals surface area contributed by atoms with Crippen LogP contribution in [0.1, 0.15) is 53.4 Å². The lowest BCUT2D eigenvalue weighted by Crippen LogP contribution is -2.60. The average Bonchev–Trinajstić information content (AvgIpc) is 2.66. The Kier molecular flexibility index (Phi) is 3.84. The van der Waals surface area contributed by atoms with E-state index < -0.39 is 34.8 Å². The number of piperidine rings is 1. The van der Waals surface area contributed by atoms with Gasteiger partial charge in [-0.1, -0.05) is 0 Å². The molecule has 7 nitrogen and oxygen atoms in total. The number of carbonyl (C=O) groups is 3. The Morgan fingerprint density at radius 1 is 1.10 bits per heavy atom. The minimum atomic E-state index is -0.593. The molecule has 2 aliphatic heterocycles. The highest BCUT2D eigenvalue weighted by Gasteiger charge is 2.48. The largest absolute Gasteiger partial charge is 0.336 e. The van der Waals surface area contributed by atoms with Crippen molar-refractivity contribution in [2.24, 2.45) is 5.92 Å². The van der Waals surface area contributed by atoms with Gasteiger partial charge in [-0.05, 0) is 40.5 Å². The van der Waals surface area contributed by atoms with Crippen LogP contribution in [0.5, 0.6) is 0 Å². The van der Waals surface area contributed by atoms with Gasteiger partial charge in [-0.25, -0.2) is 4.79 Å². The lowest BCUT2D eigenvalue weighted by molar-refractivity contribution is -0.255. The molecule has 2 fully saturated rings. The van der Waals surface area contributed by atoms with Gasteiger partial charge in [0.25, 0.3) is 11.8 Å². The molecule has 0 spiro atoms. The van der Waals surface area contributed by atoms with Crippen molar-refractivity contribution >= 4 is 17.8 Å². The van der Waals surface area contributed by atoms with Crippen molar-refractivity contribution < 1.29 is 24.4 Å². The average molecular weight is 298 g/mol. The highest BCUT2D eigenvalue weighted by molar-refractivity contribution is 6.01. The number of hydrogen-bond donors (Lipinski definition) is 1. The Balaban J connectivity index is 2.09. The third-order valence-corrected chi connectivity index (χ3v) is 4.16. The fourth-order valence-corrected chi connectivity index (χ4v) is 3.26. The highest BCUT2D eigenvalue weighted by Crippen LogP contribution is 2.40. The van der Waals surface area contributed by atoms with E-state index in [-0.39, 0.29) is 12.8 Å². The van der Waals surface area contributed by atoms with E-state index in [0.717, 1.165) is 0 Å². The molecular formula is C14H22N2O5. The van der Waals surface area contributed by atoms with Crippen molar-refractivity contribution in [2.45, 2.75) is 64.5 Å². The molecule has 0 aromatic carbocycles. The lowest BCUT2D eigenvalue weighted by atomic mass is 9.75. The molecule has 2 aliphatic rings. The lowest BCUT2D eigenvalue weighted by Gasteiger charge is -2.50. The van der Waals surface area contributed by atoms with Crippen molar-refractivity contribution in [1.29, 1.82) is 0 Å². The summed E-state index contributed by atoms with van der Waals surface area (Å²) in [6.45, 7) is 7.33. The third kappa shape index (κ3) is 2.94. The topological polar surface area (TPSA) is 87.2 Å². The van der Waals surface area contributed by atoms with Crippen molar-refractivity contribution in [1.82, 2.24) is 10.1 Å². The Labute approximate surface area is 123 Å². The van der Waals surface area contributed by atoms with Crippen LogP contribution < -0.4 is 0 Å². The standard InChI is InChI=1S/C14H22N2O5/c1-13(2)7-9(8-14(3,4)16(13)20)12(19)21-15-10(17)5-6-11(15)18/h9,20H,5-8H2,1-4H3. The van der Waals surface area contributed by atoms with Gasteiger partial charge in [0.2, 0.25) is 0 Å².